The molecular formula is C12H11ClFNOS. The molecule has 1 unspecified atom stereocenters. The molecule has 2 nitrogen and oxygen atoms in total. The summed E-state index contributed by atoms with van der Waals surface area (Å²) >= 11 is 7.36. The van der Waals surface area contributed by atoms with Crippen LogP contribution in [0, 0.1) is 5.82 Å². The lowest BCUT2D eigenvalue weighted by molar-refractivity contribution is 0.174. The van der Waals surface area contributed by atoms with Crippen LogP contribution in [0.25, 0.3) is 0 Å². The quantitative estimate of drug-likeness (QED) is 0.927. The van der Waals surface area contributed by atoms with Crippen molar-refractivity contribution in [3.8, 4) is 0 Å². The number of aliphatic hydroxyl groups excluding tert-OH is 1. The van der Waals surface area contributed by atoms with Crippen LogP contribution in [-0.4, -0.2) is 16.2 Å². The maximum atomic E-state index is 13.5. The van der Waals surface area contributed by atoms with E-state index in [2.05, 4.69) is 4.98 Å². The molecule has 0 amide bonds. The fraction of sp³-hybridized carbons (Fsp3) is 0.250. The lowest BCUT2D eigenvalue weighted by Gasteiger charge is -2.11. The van der Waals surface area contributed by atoms with Crippen molar-refractivity contribution >= 4 is 22.9 Å². The summed E-state index contributed by atoms with van der Waals surface area (Å²) in [4.78, 5) is 4.07. The molecular weight excluding hydrogens is 261 g/mol. The molecule has 0 saturated carbocycles. The summed E-state index contributed by atoms with van der Waals surface area (Å²) in [6, 6.07) is 4.52. The van der Waals surface area contributed by atoms with Gasteiger partial charge in [-0.25, -0.2) is 9.37 Å². The zero-order valence-corrected chi connectivity index (χ0v) is 10.5. The molecule has 0 aliphatic rings. The van der Waals surface area contributed by atoms with E-state index in [0.717, 1.165) is 5.01 Å². The molecule has 1 aromatic heterocycles. The molecule has 0 aliphatic heterocycles. The summed E-state index contributed by atoms with van der Waals surface area (Å²) in [5.41, 5.74) is 0.359. The van der Waals surface area contributed by atoms with E-state index in [1.54, 1.807) is 18.3 Å². The SMILES string of the molecule is OC(Cc1nccs1)Cc1c(F)cccc1Cl. The average molecular weight is 272 g/mol. The molecule has 17 heavy (non-hydrogen) atoms. The monoisotopic (exact) mass is 271 g/mol. The number of aromatic nitrogens is 1. The average Bonchev–Trinajstić information content (AvgIpc) is 2.76. The molecule has 1 atom stereocenters. The molecule has 1 N–H and O–H groups in total. The Labute approximate surface area is 108 Å². The van der Waals surface area contributed by atoms with Gasteiger partial charge in [0.25, 0.3) is 0 Å². The summed E-state index contributed by atoms with van der Waals surface area (Å²) in [6.45, 7) is 0. The van der Waals surface area contributed by atoms with E-state index in [1.165, 1.54) is 17.4 Å². The van der Waals surface area contributed by atoms with Gasteiger partial charge >= 0.3 is 0 Å². The first-order valence-corrected chi connectivity index (χ1v) is 6.42. The Morgan fingerprint density at radius 3 is 2.88 bits per heavy atom. The Balaban J connectivity index is 2.05. The first kappa shape index (κ1) is 12.5. The third-order valence-electron chi connectivity index (χ3n) is 2.40. The minimum atomic E-state index is -0.671. The molecule has 0 saturated heterocycles. The smallest absolute Gasteiger partial charge is 0.127 e. The highest BCUT2D eigenvalue weighted by Gasteiger charge is 2.14. The van der Waals surface area contributed by atoms with E-state index in [4.69, 9.17) is 11.6 Å². The van der Waals surface area contributed by atoms with Crippen molar-refractivity contribution in [2.45, 2.75) is 18.9 Å². The van der Waals surface area contributed by atoms with E-state index in [9.17, 15) is 9.50 Å². The van der Waals surface area contributed by atoms with Gasteiger partial charge in [0, 0.05) is 35.0 Å². The van der Waals surface area contributed by atoms with E-state index in [1.807, 2.05) is 5.38 Å². The third-order valence-corrected chi connectivity index (χ3v) is 3.55. The van der Waals surface area contributed by atoms with Gasteiger partial charge in [0.05, 0.1) is 11.1 Å². The van der Waals surface area contributed by atoms with Crippen LogP contribution in [0.5, 0.6) is 0 Å². The zero-order chi connectivity index (χ0) is 12.3. The van der Waals surface area contributed by atoms with Crippen LogP contribution in [0.3, 0.4) is 0 Å². The highest BCUT2D eigenvalue weighted by atomic mass is 35.5. The number of nitrogens with zero attached hydrogens (tertiary/aromatic N) is 1. The number of aliphatic hydroxyl groups is 1. The van der Waals surface area contributed by atoms with Crippen molar-refractivity contribution in [1.29, 1.82) is 0 Å². The maximum Gasteiger partial charge on any atom is 0.127 e. The predicted molar refractivity (Wildman–Crippen MR) is 66.9 cm³/mol. The van der Waals surface area contributed by atoms with Gasteiger partial charge in [-0.1, -0.05) is 17.7 Å². The molecule has 0 bridgehead atoms. The van der Waals surface area contributed by atoms with Gasteiger partial charge < -0.3 is 5.11 Å². The second-order valence-electron chi connectivity index (χ2n) is 3.69. The Hall–Kier alpha value is -0.970. The maximum absolute atomic E-state index is 13.5. The second-order valence-corrected chi connectivity index (χ2v) is 5.07. The fourth-order valence-corrected chi connectivity index (χ4v) is 2.52. The van der Waals surface area contributed by atoms with Crippen molar-refractivity contribution in [3.63, 3.8) is 0 Å². The molecule has 0 radical (unpaired) electrons. The lowest BCUT2D eigenvalue weighted by Crippen LogP contribution is -2.15. The summed E-state index contributed by atoms with van der Waals surface area (Å²) in [5, 5.41) is 12.9. The van der Waals surface area contributed by atoms with Crippen molar-refractivity contribution in [2.75, 3.05) is 0 Å². The van der Waals surface area contributed by atoms with Crippen molar-refractivity contribution in [2.24, 2.45) is 0 Å². The molecule has 1 aromatic carbocycles. The summed E-state index contributed by atoms with van der Waals surface area (Å²) in [5.74, 6) is -0.379. The van der Waals surface area contributed by atoms with E-state index in [0.29, 0.717) is 17.0 Å². The third kappa shape index (κ3) is 3.25. The van der Waals surface area contributed by atoms with Crippen molar-refractivity contribution < 1.29 is 9.50 Å². The molecule has 1 heterocycles. The summed E-state index contributed by atoms with van der Waals surface area (Å²) in [6.07, 6.45) is 1.63. The Morgan fingerprint density at radius 2 is 2.24 bits per heavy atom. The number of benzene rings is 1. The Bertz CT molecular complexity index is 469. The highest BCUT2D eigenvalue weighted by molar-refractivity contribution is 7.09. The number of halogens is 2. The standard InChI is InChI=1S/C12H11ClFNOS/c13-10-2-1-3-11(14)9(10)6-8(16)7-12-15-4-5-17-12/h1-5,8,16H,6-7H2. The molecule has 90 valence electrons. The molecule has 0 aliphatic carbocycles. The summed E-state index contributed by atoms with van der Waals surface area (Å²) in [7, 11) is 0. The topological polar surface area (TPSA) is 33.1 Å². The number of hydrogen-bond acceptors (Lipinski definition) is 3. The molecule has 2 rings (SSSR count). The molecule has 2 aromatic rings. The van der Waals surface area contributed by atoms with Crippen LogP contribution >= 0.6 is 22.9 Å². The van der Waals surface area contributed by atoms with E-state index in [-0.39, 0.29) is 12.2 Å². The van der Waals surface area contributed by atoms with Crippen LogP contribution in [0.15, 0.2) is 29.8 Å². The van der Waals surface area contributed by atoms with Crippen LogP contribution in [-0.2, 0) is 12.8 Å². The van der Waals surface area contributed by atoms with Gasteiger partial charge in [-0.05, 0) is 12.1 Å². The van der Waals surface area contributed by atoms with Crippen LogP contribution < -0.4 is 0 Å². The van der Waals surface area contributed by atoms with Gasteiger partial charge in [0.1, 0.15) is 5.82 Å². The second kappa shape index (κ2) is 5.58. The van der Waals surface area contributed by atoms with Gasteiger partial charge in [-0.3, -0.25) is 0 Å². The summed E-state index contributed by atoms with van der Waals surface area (Å²) < 4.78 is 13.5. The first-order valence-electron chi connectivity index (χ1n) is 5.16. The molecule has 5 heteroatoms. The zero-order valence-electron chi connectivity index (χ0n) is 8.94. The predicted octanol–water partition coefficient (Wildman–Crippen LogP) is 3.08. The van der Waals surface area contributed by atoms with Crippen LogP contribution in [0.4, 0.5) is 4.39 Å². The highest BCUT2D eigenvalue weighted by Crippen LogP contribution is 2.21. The van der Waals surface area contributed by atoms with Gasteiger partial charge in [-0.2, -0.15) is 0 Å². The lowest BCUT2D eigenvalue weighted by atomic mass is 10.1. The Morgan fingerprint density at radius 1 is 1.41 bits per heavy atom. The number of hydrogen-bond donors (Lipinski definition) is 1. The Kier molecular flexibility index (Phi) is 4.10. The minimum Gasteiger partial charge on any atom is -0.392 e. The van der Waals surface area contributed by atoms with Gasteiger partial charge in [0.15, 0.2) is 0 Å². The van der Waals surface area contributed by atoms with E-state index >= 15 is 0 Å². The minimum absolute atomic E-state index is 0.199. The van der Waals surface area contributed by atoms with Crippen LogP contribution in [0.1, 0.15) is 10.6 Å². The van der Waals surface area contributed by atoms with Gasteiger partial charge in [-0.15, -0.1) is 11.3 Å². The molecule has 0 spiro atoms. The van der Waals surface area contributed by atoms with E-state index < -0.39 is 6.10 Å². The normalized spacial score (nSPS) is 12.6. The number of thiazole rings is 1. The van der Waals surface area contributed by atoms with Gasteiger partial charge in [0.2, 0.25) is 0 Å². The molecule has 0 fully saturated rings. The largest absolute Gasteiger partial charge is 0.392 e. The van der Waals surface area contributed by atoms with Crippen LogP contribution in [0.2, 0.25) is 5.02 Å². The fourth-order valence-electron chi connectivity index (χ4n) is 1.59. The first-order chi connectivity index (χ1) is 8.16. The number of rotatable bonds is 4. The van der Waals surface area contributed by atoms with Crippen molar-refractivity contribution in [3.05, 3.63) is 51.2 Å². The van der Waals surface area contributed by atoms with Crippen molar-refractivity contribution in [1.82, 2.24) is 4.98 Å².